The molecule has 0 bridgehead atoms. The van der Waals surface area contributed by atoms with E-state index in [1.54, 1.807) is 0 Å². The molecule has 0 spiro atoms. The van der Waals surface area contributed by atoms with Gasteiger partial charge in [0.1, 0.15) is 0 Å². The molecule has 3 rings (SSSR count). The molecule has 2 aromatic rings. The first-order valence-corrected chi connectivity index (χ1v) is 4.60. The SMILES string of the molecule is [C+]1=CC=Cc2nc3ccccc3cc21. The van der Waals surface area contributed by atoms with Crippen molar-refractivity contribution in [1.29, 1.82) is 0 Å². The van der Waals surface area contributed by atoms with Gasteiger partial charge in [0.25, 0.3) is 0 Å². The van der Waals surface area contributed by atoms with Crippen LogP contribution in [0.25, 0.3) is 17.0 Å². The maximum Gasteiger partial charge on any atom is 0.174 e. The molecule has 1 heteroatoms. The molecule has 0 N–H and O–H groups in total. The highest BCUT2D eigenvalue weighted by atomic mass is 14.7. The lowest BCUT2D eigenvalue weighted by molar-refractivity contribution is 1.32. The van der Waals surface area contributed by atoms with Crippen molar-refractivity contribution >= 4 is 17.0 Å². The van der Waals surface area contributed by atoms with Gasteiger partial charge in [0.2, 0.25) is 0 Å². The summed E-state index contributed by atoms with van der Waals surface area (Å²) in [5.74, 6) is 0. The molecule has 1 heterocycles. The number of benzene rings is 1. The number of para-hydroxylation sites is 1. The summed E-state index contributed by atoms with van der Waals surface area (Å²) in [6, 6.07) is 10.3. The van der Waals surface area contributed by atoms with E-state index in [4.69, 9.17) is 0 Å². The lowest BCUT2D eigenvalue weighted by atomic mass is 10.1. The Hall–Kier alpha value is -1.98. The molecule has 0 saturated carbocycles. The highest BCUT2D eigenvalue weighted by Crippen LogP contribution is 2.19. The molecule has 0 radical (unpaired) electrons. The molecular weight excluding hydrogens is 170 g/mol. The van der Waals surface area contributed by atoms with Crippen LogP contribution in [0, 0.1) is 6.08 Å². The summed E-state index contributed by atoms with van der Waals surface area (Å²) in [4.78, 5) is 4.55. The quantitative estimate of drug-likeness (QED) is 0.565. The standard InChI is InChI=1S/C13H8N/c1-3-7-12-10(5-1)9-11-6-2-4-8-13(11)14-12/h1-5,7-9H/q+1. The third-order valence-electron chi connectivity index (χ3n) is 2.34. The molecule has 0 atom stereocenters. The van der Waals surface area contributed by atoms with Gasteiger partial charge >= 0.3 is 0 Å². The van der Waals surface area contributed by atoms with Gasteiger partial charge in [-0.2, -0.15) is 4.98 Å². The maximum atomic E-state index is 4.55. The van der Waals surface area contributed by atoms with Crippen molar-refractivity contribution in [3.63, 3.8) is 0 Å². The molecule has 0 unspecified atom stereocenters. The normalized spacial score (nSPS) is 12.6. The number of rotatable bonds is 0. The molecule has 64 valence electrons. The maximum absolute atomic E-state index is 4.55. The van der Waals surface area contributed by atoms with E-state index in [2.05, 4.69) is 23.2 Å². The van der Waals surface area contributed by atoms with Crippen molar-refractivity contribution in [2.45, 2.75) is 0 Å². The van der Waals surface area contributed by atoms with Crippen LogP contribution in [0.5, 0.6) is 0 Å². The van der Waals surface area contributed by atoms with Crippen molar-refractivity contribution in [3.8, 4) is 0 Å². The predicted octanol–water partition coefficient (Wildman–Crippen LogP) is 2.97. The molecule has 1 aliphatic rings. The molecule has 1 aliphatic carbocycles. The van der Waals surface area contributed by atoms with Crippen LogP contribution < -0.4 is 0 Å². The van der Waals surface area contributed by atoms with E-state index in [1.807, 2.05) is 36.4 Å². The van der Waals surface area contributed by atoms with Gasteiger partial charge < -0.3 is 0 Å². The van der Waals surface area contributed by atoms with Gasteiger partial charge in [-0.15, -0.1) is 0 Å². The van der Waals surface area contributed by atoms with Crippen LogP contribution >= 0.6 is 0 Å². The Bertz CT molecular complexity index is 500. The number of nitrogens with zero attached hydrogens (tertiary/aromatic N) is 1. The summed E-state index contributed by atoms with van der Waals surface area (Å²) in [7, 11) is 0. The Morgan fingerprint density at radius 2 is 2.07 bits per heavy atom. The average Bonchev–Trinajstić information content (AvgIpc) is 2.26. The van der Waals surface area contributed by atoms with E-state index < -0.39 is 0 Å². The van der Waals surface area contributed by atoms with Crippen molar-refractivity contribution in [2.75, 3.05) is 0 Å². The topological polar surface area (TPSA) is 12.9 Å². The van der Waals surface area contributed by atoms with Crippen molar-refractivity contribution in [2.24, 2.45) is 0 Å². The number of allylic oxidation sites excluding steroid dienone is 2. The molecule has 1 aromatic heterocycles. The van der Waals surface area contributed by atoms with E-state index >= 15 is 0 Å². The summed E-state index contributed by atoms with van der Waals surface area (Å²) < 4.78 is 0. The third kappa shape index (κ3) is 1.04. The first kappa shape index (κ1) is 7.43. The van der Waals surface area contributed by atoms with Crippen LogP contribution in [-0.4, -0.2) is 4.98 Å². The molecule has 14 heavy (non-hydrogen) atoms. The lowest BCUT2D eigenvalue weighted by Crippen LogP contribution is -1.91. The fourth-order valence-electron chi connectivity index (χ4n) is 1.65. The highest BCUT2D eigenvalue weighted by Gasteiger charge is 2.11. The number of pyridine rings is 1. The Morgan fingerprint density at radius 3 is 3.07 bits per heavy atom. The van der Waals surface area contributed by atoms with Gasteiger partial charge in [0, 0.05) is 29.7 Å². The summed E-state index contributed by atoms with van der Waals surface area (Å²) in [6.07, 6.45) is 9.07. The second-order valence-electron chi connectivity index (χ2n) is 3.28. The van der Waals surface area contributed by atoms with Gasteiger partial charge in [-0.1, -0.05) is 12.1 Å². The van der Waals surface area contributed by atoms with Crippen LogP contribution in [0.3, 0.4) is 0 Å². The summed E-state index contributed by atoms with van der Waals surface area (Å²) in [5.41, 5.74) is 3.12. The lowest BCUT2D eigenvalue weighted by Gasteiger charge is -1.98. The van der Waals surface area contributed by atoms with E-state index in [-0.39, 0.29) is 0 Å². The highest BCUT2D eigenvalue weighted by molar-refractivity contribution is 5.81. The van der Waals surface area contributed by atoms with Crippen molar-refractivity contribution < 1.29 is 0 Å². The van der Waals surface area contributed by atoms with Gasteiger partial charge in [-0.25, -0.2) is 0 Å². The fraction of sp³-hybridized carbons (Fsp3) is 0. The molecule has 0 aliphatic heterocycles. The molecule has 0 saturated heterocycles. The fourth-order valence-corrected chi connectivity index (χ4v) is 1.65. The molecule has 1 aromatic carbocycles. The summed E-state index contributed by atoms with van der Waals surface area (Å²) in [5, 5.41) is 1.17. The zero-order valence-corrected chi connectivity index (χ0v) is 7.57. The number of hydrogen-bond donors (Lipinski definition) is 0. The van der Waals surface area contributed by atoms with Gasteiger partial charge in [0.15, 0.2) is 11.3 Å². The minimum Gasteiger partial charge on any atom is -0.196 e. The number of hydrogen-bond acceptors (Lipinski definition) is 1. The third-order valence-corrected chi connectivity index (χ3v) is 2.34. The minimum atomic E-state index is 1.01. The predicted molar refractivity (Wildman–Crippen MR) is 57.7 cm³/mol. The second kappa shape index (κ2) is 2.76. The smallest absolute Gasteiger partial charge is 0.174 e. The van der Waals surface area contributed by atoms with Gasteiger partial charge in [0.05, 0.1) is 11.6 Å². The number of aromatic nitrogens is 1. The Morgan fingerprint density at radius 1 is 1.14 bits per heavy atom. The van der Waals surface area contributed by atoms with Crippen LogP contribution in [0.15, 0.2) is 42.5 Å². The number of fused-ring (bicyclic) bond motifs is 2. The van der Waals surface area contributed by atoms with E-state index in [1.165, 1.54) is 5.39 Å². The molecule has 1 nitrogen and oxygen atoms in total. The Balaban J connectivity index is 2.40. The van der Waals surface area contributed by atoms with Crippen molar-refractivity contribution in [1.82, 2.24) is 4.98 Å². The minimum absolute atomic E-state index is 1.01. The van der Waals surface area contributed by atoms with Gasteiger partial charge in [-0.05, 0) is 12.1 Å². The van der Waals surface area contributed by atoms with Crippen LogP contribution in [0.1, 0.15) is 11.3 Å². The Kier molecular flexibility index (Phi) is 1.46. The summed E-state index contributed by atoms with van der Waals surface area (Å²) >= 11 is 0. The van der Waals surface area contributed by atoms with E-state index in [0.29, 0.717) is 0 Å². The zero-order valence-electron chi connectivity index (χ0n) is 7.57. The van der Waals surface area contributed by atoms with Crippen LogP contribution in [0.4, 0.5) is 0 Å². The average molecular weight is 178 g/mol. The van der Waals surface area contributed by atoms with E-state index in [0.717, 1.165) is 16.8 Å². The Labute approximate surface area is 82.4 Å². The summed E-state index contributed by atoms with van der Waals surface area (Å²) in [6.45, 7) is 0. The van der Waals surface area contributed by atoms with Crippen molar-refractivity contribution in [3.05, 3.63) is 59.8 Å². The molecule has 0 fully saturated rings. The molecule has 0 amide bonds. The molecular formula is C13H8N+. The van der Waals surface area contributed by atoms with Crippen LogP contribution in [-0.2, 0) is 0 Å². The second-order valence-corrected chi connectivity index (χ2v) is 3.28. The largest absolute Gasteiger partial charge is 0.196 e. The van der Waals surface area contributed by atoms with E-state index in [9.17, 15) is 0 Å². The first-order chi connectivity index (χ1) is 6.93. The van der Waals surface area contributed by atoms with Gasteiger partial charge in [-0.3, -0.25) is 0 Å². The van der Waals surface area contributed by atoms with Crippen LogP contribution in [0.2, 0.25) is 0 Å². The zero-order chi connectivity index (χ0) is 9.38. The monoisotopic (exact) mass is 178 g/mol. The first-order valence-electron chi connectivity index (χ1n) is 4.60.